The molecule has 0 heterocycles. The zero-order chi connectivity index (χ0) is 16.2. The van der Waals surface area contributed by atoms with Gasteiger partial charge in [0.2, 0.25) is 0 Å². The van der Waals surface area contributed by atoms with Crippen LogP contribution in [-0.4, -0.2) is 27.1 Å². The zero-order valence-corrected chi connectivity index (χ0v) is 12.5. The standard InChI is InChI=1S/C12H16N2O6S/c1-4-20-12(17)13-14-21(18,19)10-6-9(11(15)16)5-7(2)8(10)3/h5-6,14H,4H2,1-3H3,(H,13,17)(H,15,16)/p-1. The third kappa shape index (κ3) is 4.17. The first-order valence-electron chi connectivity index (χ1n) is 5.96. The van der Waals surface area contributed by atoms with E-state index < -0.39 is 22.1 Å². The van der Waals surface area contributed by atoms with Crippen LogP contribution in [0.3, 0.4) is 0 Å². The highest BCUT2D eigenvalue weighted by Gasteiger charge is 2.20. The number of benzene rings is 1. The number of hydrogen-bond acceptors (Lipinski definition) is 6. The number of sulfonamides is 1. The number of carboxylic acid groups (broad SMARTS) is 1. The third-order valence-corrected chi connectivity index (χ3v) is 4.08. The lowest BCUT2D eigenvalue weighted by atomic mass is 10.1. The van der Waals surface area contributed by atoms with Crippen LogP contribution in [0.5, 0.6) is 0 Å². The highest BCUT2D eigenvalue weighted by Crippen LogP contribution is 2.20. The minimum absolute atomic E-state index is 0.0753. The summed E-state index contributed by atoms with van der Waals surface area (Å²) in [7, 11) is -4.14. The predicted octanol–water partition coefficient (Wildman–Crippen LogP) is -0.394. The van der Waals surface area contributed by atoms with E-state index in [2.05, 4.69) is 4.74 Å². The number of hydrazine groups is 1. The molecule has 0 aliphatic heterocycles. The molecule has 1 rings (SSSR count). The maximum Gasteiger partial charge on any atom is 0.422 e. The quantitative estimate of drug-likeness (QED) is 0.713. The highest BCUT2D eigenvalue weighted by atomic mass is 32.2. The van der Waals surface area contributed by atoms with Gasteiger partial charge in [-0.1, -0.05) is 0 Å². The average Bonchev–Trinajstić information content (AvgIpc) is 2.39. The Morgan fingerprint density at radius 2 is 1.90 bits per heavy atom. The van der Waals surface area contributed by atoms with Gasteiger partial charge in [-0.05, 0) is 49.6 Å². The van der Waals surface area contributed by atoms with Crippen LogP contribution in [0, 0.1) is 13.8 Å². The van der Waals surface area contributed by atoms with Gasteiger partial charge in [0, 0.05) is 0 Å². The first kappa shape index (κ1) is 16.9. The van der Waals surface area contributed by atoms with Crippen LogP contribution in [0.4, 0.5) is 4.79 Å². The molecule has 1 aromatic rings. The molecule has 1 amide bonds. The fraction of sp³-hybridized carbons (Fsp3) is 0.333. The van der Waals surface area contributed by atoms with E-state index >= 15 is 0 Å². The molecular formula is C12H15N2O6S-. The smallest absolute Gasteiger partial charge is 0.422 e. The van der Waals surface area contributed by atoms with Crippen molar-refractivity contribution in [3.63, 3.8) is 0 Å². The number of nitrogens with one attached hydrogen (secondary N) is 2. The van der Waals surface area contributed by atoms with Crippen LogP contribution in [-0.2, 0) is 14.8 Å². The van der Waals surface area contributed by atoms with Gasteiger partial charge in [-0.2, -0.15) is 0 Å². The van der Waals surface area contributed by atoms with E-state index in [0.29, 0.717) is 11.1 Å². The number of aromatic carboxylic acids is 1. The largest absolute Gasteiger partial charge is 0.545 e. The second kappa shape index (κ2) is 6.55. The number of amides is 1. The van der Waals surface area contributed by atoms with Gasteiger partial charge in [0.05, 0.1) is 17.5 Å². The predicted molar refractivity (Wildman–Crippen MR) is 70.7 cm³/mol. The first-order chi connectivity index (χ1) is 9.69. The second-order valence-electron chi connectivity index (χ2n) is 4.15. The van der Waals surface area contributed by atoms with Crippen LogP contribution >= 0.6 is 0 Å². The van der Waals surface area contributed by atoms with E-state index in [1.165, 1.54) is 13.0 Å². The molecule has 116 valence electrons. The fourth-order valence-corrected chi connectivity index (χ4v) is 2.73. The molecule has 0 fully saturated rings. The molecule has 0 saturated heterocycles. The van der Waals surface area contributed by atoms with Crippen LogP contribution < -0.4 is 15.4 Å². The van der Waals surface area contributed by atoms with Crippen molar-refractivity contribution in [3.05, 3.63) is 28.8 Å². The molecule has 0 spiro atoms. The number of aryl methyl sites for hydroxylation is 1. The number of rotatable bonds is 5. The van der Waals surface area contributed by atoms with E-state index in [1.54, 1.807) is 13.8 Å². The molecule has 0 atom stereocenters. The molecule has 0 radical (unpaired) electrons. The SMILES string of the molecule is CCOC(=O)NNS(=O)(=O)c1cc(C(=O)[O-])cc(C)c1C. The first-order valence-corrected chi connectivity index (χ1v) is 7.44. The normalized spacial score (nSPS) is 11.0. The summed E-state index contributed by atoms with van der Waals surface area (Å²) in [6.07, 6.45) is -0.966. The number of carbonyl (C=O) groups excluding carboxylic acids is 2. The molecule has 9 heteroatoms. The summed E-state index contributed by atoms with van der Waals surface area (Å²) in [5.74, 6) is -1.49. The summed E-state index contributed by atoms with van der Waals surface area (Å²) in [5, 5.41) is 10.9. The van der Waals surface area contributed by atoms with Crippen molar-refractivity contribution in [1.29, 1.82) is 0 Å². The molecule has 0 aliphatic carbocycles. The minimum atomic E-state index is -4.14. The van der Waals surface area contributed by atoms with Gasteiger partial charge in [0.1, 0.15) is 0 Å². The molecule has 2 N–H and O–H groups in total. The van der Waals surface area contributed by atoms with Crippen molar-refractivity contribution < 1.29 is 27.9 Å². The van der Waals surface area contributed by atoms with Gasteiger partial charge in [0.15, 0.2) is 0 Å². The van der Waals surface area contributed by atoms with E-state index in [4.69, 9.17) is 0 Å². The Bertz CT molecular complexity index is 669. The fourth-order valence-electron chi connectivity index (χ4n) is 1.55. The zero-order valence-electron chi connectivity index (χ0n) is 11.7. The summed E-state index contributed by atoms with van der Waals surface area (Å²) < 4.78 is 28.7. The van der Waals surface area contributed by atoms with Crippen LogP contribution in [0.25, 0.3) is 0 Å². The molecule has 0 saturated carbocycles. The van der Waals surface area contributed by atoms with Crippen LogP contribution in [0.1, 0.15) is 28.4 Å². The molecular weight excluding hydrogens is 300 g/mol. The number of carbonyl (C=O) groups is 2. The second-order valence-corrected chi connectivity index (χ2v) is 5.81. The average molecular weight is 315 g/mol. The van der Waals surface area contributed by atoms with Crippen molar-refractivity contribution in [2.75, 3.05) is 6.61 Å². The third-order valence-electron chi connectivity index (χ3n) is 2.71. The van der Waals surface area contributed by atoms with Gasteiger partial charge in [-0.25, -0.2) is 18.6 Å². The lowest BCUT2D eigenvalue weighted by Crippen LogP contribution is -2.42. The summed E-state index contributed by atoms with van der Waals surface area (Å²) in [6, 6.07) is 2.27. The Hall–Kier alpha value is -2.13. The minimum Gasteiger partial charge on any atom is -0.545 e. The molecule has 0 bridgehead atoms. The van der Waals surface area contributed by atoms with Crippen molar-refractivity contribution >= 4 is 22.1 Å². The Morgan fingerprint density at radius 1 is 1.29 bits per heavy atom. The number of hydrogen-bond donors (Lipinski definition) is 2. The van der Waals surface area contributed by atoms with Crippen LogP contribution in [0.15, 0.2) is 17.0 Å². The van der Waals surface area contributed by atoms with E-state index in [1.807, 2.05) is 10.3 Å². The summed E-state index contributed by atoms with van der Waals surface area (Å²) in [6.45, 7) is 4.73. The Balaban J connectivity index is 3.13. The molecule has 0 aliphatic rings. The monoisotopic (exact) mass is 315 g/mol. The van der Waals surface area contributed by atoms with Gasteiger partial charge >= 0.3 is 6.09 Å². The van der Waals surface area contributed by atoms with Crippen molar-refractivity contribution in [2.24, 2.45) is 0 Å². The molecule has 21 heavy (non-hydrogen) atoms. The Morgan fingerprint density at radius 3 is 2.43 bits per heavy atom. The number of carboxylic acids is 1. The summed E-state index contributed by atoms with van der Waals surface area (Å²) in [4.78, 5) is 23.5. The molecule has 8 nitrogen and oxygen atoms in total. The summed E-state index contributed by atoms with van der Waals surface area (Å²) in [5.41, 5.74) is 2.41. The maximum atomic E-state index is 12.1. The lowest BCUT2D eigenvalue weighted by molar-refractivity contribution is -0.255. The molecule has 0 aromatic heterocycles. The topological polar surface area (TPSA) is 125 Å². The van der Waals surface area contributed by atoms with Gasteiger partial charge in [-0.15, -0.1) is 4.83 Å². The number of ether oxygens (including phenoxy) is 1. The highest BCUT2D eigenvalue weighted by molar-refractivity contribution is 7.89. The van der Waals surface area contributed by atoms with Crippen molar-refractivity contribution in [1.82, 2.24) is 10.3 Å². The van der Waals surface area contributed by atoms with Gasteiger partial charge < -0.3 is 14.6 Å². The van der Waals surface area contributed by atoms with Crippen LogP contribution in [0.2, 0.25) is 0 Å². The Labute approximate surface area is 122 Å². The summed E-state index contributed by atoms with van der Waals surface area (Å²) >= 11 is 0. The van der Waals surface area contributed by atoms with E-state index in [0.717, 1.165) is 6.07 Å². The van der Waals surface area contributed by atoms with E-state index in [9.17, 15) is 23.1 Å². The van der Waals surface area contributed by atoms with Gasteiger partial charge in [-0.3, -0.25) is 0 Å². The maximum absolute atomic E-state index is 12.1. The van der Waals surface area contributed by atoms with E-state index in [-0.39, 0.29) is 17.1 Å². The van der Waals surface area contributed by atoms with Crippen molar-refractivity contribution in [3.8, 4) is 0 Å². The molecule has 1 aromatic carbocycles. The lowest BCUT2D eigenvalue weighted by Gasteiger charge is -2.14. The molecule has 0 unspecified atom stereocenters. The van der Waals surface area contributed by atoms with Gasteiger partial charge in [0.25, 0.3) is 10.0 Å². The Kier molecular flexibility index (Phi) is 5.28. The van der Waals surface area contributed by atoms with Crippen molar-refractivity contribution in [2.45, 2.75) is 25.7 Å².